The average Bonchev–Trinajstić information content (AvgIpc) is 1.06. The van der Waals surface area contributed by atoms with Crippen LogP contribution >= 0.6 is 0 Å². The molecule has 8 unspecified atom stereocenters. The molecule has 0 radical (unpaired) electrons. The first-order valence-electron chi connectivity index (χ1n) is 36.2. The standard InChI is InChI=1S/C86H69N3O25/c1-102-66-60(45-104-78(96)48-27-9-3-10-28-48)108-85(64(69(66)110-81(99)51-33-15-6-16-34-51)88-74(92)56-41-23-24-42-57(56)75(88)93)114-68-62(47-106-80(98)50-31-13-5-14-32-50)109-86(65(71(68)112-83(101)53-37-19-8-20-38-53)89-76(94)58-43-25-26-44-59(58)77(89)95)113-67-61(46-105-79(97)49-29-11-4-12-30-49)107-84(103-2)63(70(67)111-82(100)52-35-17-7-18-36-52)87-72(90)54-39-21-22-40-55(54)73(87)91/h3-44,60-71,84-86H,45-47H2,1-2H3/t60?,61?,62?,63-,64-,65+,66?,67?,68-,69-,70-,71?,84?,85?,86-/m1/s1. The Labute approximate surface area is 649 Å². The molecule has 15 atom stereocenters. The number of hydrogen-bond acceptors (Lipinski definition) is 25. The van der Waals surface area contributed by atoms with Crippen LogP contribution in [0.15, 0.2) is 255 Å². The maximum atomic E-state index is 15.9. The lowest BCUT2D eigenvalue weighted by Gasteiger charge is -2.53. The van der Waals surface area contributed by atoms with Gasteiger partial charge >= 0.3 is 35.8 Å². The van der Waals surface area contributed by atoms with Crippen molar-refractivity contribution in [2.24, 2.45) is 0 Å². The van der Waals surface area contributed by atoms with E-state index in [1.807, 2.05) is 0 Å². The highest BCUT2D eigenvalue weighted by molar-refractivity contribution is 6.23. The highest BCUT2D eigenvalue weighted by Crippen LogP contribution is 2.44. The quantitative estimate of drug-likeness (QED) is 0.0309. The lowest BCUT2D eigenvalue weighted by atomic mass is 9.91. The average molecular weight is 1540 g/mol. The van der Waals surface area contributed by atoms with Gasteiger partial charge in [0.15, 0.2) is 37.2 Å². The van der Waals surface area contributed by atoms with Crippen LogP contribution < -0.4 is 0 Å². The summed E-state index contributed by atoms with van der Waals surface area (Å²) in [5.74, 6) is -12.2. The first kappa shape index (κ1) is 76.3. The summed E-state index contributed by atoms with van der Waals surface area (Å²) in [7, 11) is 2.36. The van der Waals surface area contributed by atoms with E-state index in [-0.39, 0.29) is 66.8 Å². The Hall–Kier alpha value is -13.1. The molecule has 0 saturated carbocycles. The molecule has 28 nitrogen and oxygen atoms in total. The maximum absolute atomic E-state index is 15.9. The molecule has 9 aromatic carbocycles. The van der Waals surface area contributed by atoms with Crippen LogP contribution in [0.25, 0.3) is 0 Å². The molecule has 0 aromatic heterocycles. The Morgan fingerprint density at radius 2 is 0.474 bits per heavy atom. The van der Waals surface area contributed by atoms with Gasteiger partial charge in [-0.25, -0.2) is 28.8 Å². The molecular weight excluding hydrogens is 1470 g/mol. The number of carbonyl (C=O) groups excluding carboxylic acids is 12. The summed E-state index contributed by atoms with van der Waals surface area (Å²) < 4.78 is 85.9. The van der Waals surface area contributed by atoms with Crippen molar-refractivity contribution in [3.63, 3.8) is 0 Å². The number of hydrogen-bond donors (Lipinski definition) is 0. The Morgan fingerprint density at radius 3 is 0.719 bits per heavy atom. The van der Waals surface area contributed by atoms with Gasteiger partial charge in [-0.15, -0.1) is 0 Å². The molecule has 0 bridgehead atoms. The molecular formula is C86H69N3O25. The fraction of sp³-hybridized carbons (Fsp3) is 0.233. The van der Waals surface area contributed by atoms with Crippen LogP contribution in [0.1, 0.15) is 124 Å². The molecule has 0 N–H and O–H groups in total. The van der Waals surface area contributed by atoms with Crippen LogP contribution in [0.3, 0.4) is 0 Å². The second-order valence-corrected chi connectivity index (χ2v) is 26.9. The van der Waals surface area contributed by atoms with Crippen molar-refractivity contribution in [3.05, 3.63) is 322 Å². The predicted molar refractivity (Wildman–Crippen MR) is 393 cm³/mol. The Kier molecular flexibility index (Phi) is 22.4. The van der Waals surface area contributed by atoms with E-state index in [0.717, 1.165) is 12.0 Å². The monoisotopic (exact) mass is 1540 g/mol. The van der Waals surface area contributed by atoms with Gasteiger partial charge in [0, 0.05) is 14.2 Å². The molecule has 0 spiro atoms. The summed E-state index contributed by atoms with van der Waals surface area (Å²) in [6.07, 6.45) is -24.4. The molecule has 28 heteroatoms. The zero-order chi connectivity index (χ0) is 79.3. The first-order chi connectivity index (χ1) is 55.5. The third kappa shape index (κ3) is 15.1. The van der Waals surface area contributed by atoms with E-state index in [0.29, 0.717) is 9.80 Å². The minimum Gasteiger partial charge on any atom is -0.459 e. The number of imide groups is 3. The molecule has 3 fully saturated rings. The molecule has 0 aliphatic carbocycles. The smallest absolute Gasteiger partial charge is 0.338 e. The number of nitrogens with zero attached hydrogens (tertiary/aromatic N) is 3. The zero-order valence-electron chi connectivity index (χ0n) is 60.6. The van der Waals surface area contributed by atoms with Gasteiger partial charge in [0.2, 0.25) is 0 Å². The van der Waals surface area contributed by atoms with Crippen molar-refractivity contribution in [1.82, 2.24) is 14.7 Å². The van der Waals surface area contributed by atoms with Gasteiger partial charge in [0.25, 0.3) is 35.4 Å². The number of ether oxygens (including phenoxy) is 13. The predicted octanol–water partition coefficient (Wildman–Crippen LogP) is 8.84. The molecule has 3 saturated heterocycles. The number of rotatable bonds is 24. The lowest BCUT2D eigenvalue weighted by molar-refractivity contribution is -0.359. The molecule has 578 valence electrons. The summed E-state index contributed by atoms with van der Waals surface area (Å²) in [5, 5.41) is 0. The topological polar surface area (TPSA) is 335 Å². The van der Waals surface area contributed by atoms with E-state index >= 15 is 38.4 Å². The van der Waals surface area contributed by atoms with Gasteiger partial charge in [0.05, 0.1) is 66.8 Å². The van der Waals surface area contributed by atoms with Crippen LogP contribution in [-0.4, -0.2) is 212 Å². The summed E-state index contributed by atoms with van der Waals surface area (Å²) in [5.41, 5.74) is -1.10. The summed E-state index contributed by atoms with van der Waals surface area (Å²) in [6, 6.07) is 56.3. The van der Waals surface area contributed by atoms with Gasteiger partial charge < -0.3 is 61.6 Å². The van der Waals surface area contributed by atoms with Gasteiger partial charge in [-0.05, 0) is 109 Å². The minimum atomic E-state index is -2.41. The molecule has 114 heavy (non-hydrogen) atoms. The number of amides is 6. The van der Waals surface area contributed by atoms with Crippen LogP contribution in [0.4, 0.5) is 0 Å². The van der Waals surface area contributed by atoms with E-state index in [9.17, 15) is 19.2 Å². The van der Waals surface area contributed by atoms with E-state index in [2.05, 4.69) is 0 Å². The molecule has 9 aromatic rings. The van der Waals surface area contributed by atoms with E-state index in [1.165, 1.54) is 177 Å². The van der Waals surface area contributed by atoms with Crippen LogP contribution in [0.2, 0.25) is 0 Å². The summed E-state index contributed by atoms with van der Waals surface area (Å²) >= 11 is 0. The Bertz CT molecular complexity index is 5050. The number of methoxy groups -OCH3 is 2. The zero-order valence-corrected chi connectivity index (χ0v) is 60.6. The number of fused-ring (bicyclic) bond motifs is 3. The number of benzene rings is 9. The maximum Gasteiger partial charge on any atom is 0.338 e. The first-order valence-corrected chi connectivity index (χ1v) is 36.2. The second-order valence-electron chi connectivity index (χ2n) is 26.9. The van der Waals surface area contributed by atoms with E-state index in [1.54, 1.807) is 84.9 Å². The van der Waals surface area contributed by atoms with Crippen LogP contribution in [-0.2, 0) is 61.6 Å². The molecule has 6 aliphatic heterocycles. The SMILES string of the molecule is COC1C(COC(=O)c2ccccc2)OC(O[C@@H]2C(COC(=O)c3ccccc3)O[C@H](OC3C(COC(=O)c4ccccc4)OC(OC)[C@H](N4C(=O)c5ccccc5C4=O)[C@H]3OC(=O)c3ccccc3)[C@@H](N3C(=O)c4ccccc4C3=O)C2OC(=O)c2ccccc2)[C@H](N2C(=O)c3ccccc3C2=O)[C@H]1OC(=O)c1ccccc1. The van der Waals surface area contributed by atoms with Crippen molar-refractivity contribution in [3.8, 4) is 0 Å². The lowest BCUT2D eigenvalue weighted by Crippen LogP contribution is -2.72. The molecule has 6 aliphatic rings. The molecule has 15 rings (SSSR count). The van der Waals surface area contributed by atoms with Crippen molar-refractivity contribution in [2.75, 3.05) is 34.0 Å². The fourth-order valence-electron chi connectivity index (χ4n) is 14.8. The third-order valence-electron chi connectivity index (χ3n) is 20.2. The molecule has 6 amide bonds. The highest BCUT2D eigenvalue weighted by Gasteiger charge is 2.64. The van der Waals surface area contributed by atoms with E-state index in [4.69, 9.17) is 61.6 Å². The molecule has 6 heterocycles. The third-order valence-corrected chi connectivity index (χ3v) is 20.2. The van der Waals surface area contributed by atoms with Crippen molar-refractivity contribution < 1.29 is 119 Å². The highest BCUT2D eigenvalue weighted by atomic mass is 16.8. The summed E-state index contributed by atoms with van der Waals surface area (Å²) in [6.45, 7) is -2.67. The van der Waals surface area contributed by atoms with Gasteiger partial charge in [-0.1, -0.05) is 146 Å². The van der Waals surface area contributed by atoms with Crippen molar-refractivity contribution in [1.29, 1.82) is 0 Å². The van der Waals surface area contributed by atoms with Gasteiger partial charge in [0.1, 0.15) is 74.6 Å². The fourth-order valence-corrected chi connectivity index (χ4v) is 14.8. The number of carbonyl (C=O) groups is 12. The van der Waals surface area contributed by atoms with Crippen LogP contribution in [0, 0.1) is 0 Å². The normalized spacial score (nSPS) is 24.9. The van der Waals surface area contributed by atoms with Gasteiger partial charge in [-0.2, -0.15) is 0 Å². The van der Waals surface area contributed by atoms with Gasteiger partial charge in [-0.3, -0.25) is 43.5 Å². The Balaban J connectivity index is 0.940. The second kappa shape index (κ2) is 33.5. The minimum absolute atomic E-state index is 0.0281. The number of esters is 6. The Morgan fingerprint density at radius 1 is 0.263 bits per heavy atom. The van der Waals surface area contributed by atoms with E-state index < -0.39 is 183 Å². The largest absolute Gasteiger partial charge is 0.459 e. The van der Waals surface area contributed by atoms with Crippen molar-refractivity contribution >= 4 is 71.3 Å². The summed E-state index contributed by atoms with van der Waals surface area (Å²) in [4.78, 5) is 184. The van der Waals surface area contributed by atoms with Crippen molar-refractivity contribution in [2.45, 2.75) is 91.9 Å². The van der Waals surface area contributed by atoms with Crippen LogP contribution in [0.5, 0.6) is 0 Å².